The Bertz CT molecular complexity index is 988. The van der Waals surface area contributed by atoms with Crippen molar-refractivity contribution in [1.29, 1.82) is 5.26 Å². The Hall–Kier alpha value is -2.76. The molecule has 30 heavy (non-hydrogen) atoms. The van der Waals surface area contributed by atoms with Crippen LogP contribution in [-0.4, -0.2) is 75.0 Å². The maximum atomic E-state index is 13.5. The zero-order chi connectivity index (χ0) is 21.1. The van der Waals surface area contributed by atoms with E-state index in [9.17, 15) is 10.1 Å². The molecule has 2 aliphatic heterocycles. The zero-order valence-electron chi connectivity index (χ0n) is 17.8. The number of aromatic nitrogens is 3. The predicted octanol–water partition coefficient (Wildman–Crippen LogP) is 1.86. The number of hydrogen-bond acceptors (Lipinski definition) is 6. The van der Waals surface area contributed by atoms with Gasteiger partial charge in [0.15, 0.2) is 0 Å². The van der Waals surface area contributed by atoms with Crippen LogP contribution in [0.5, 0.6) is 0 Å². The van der Waals surface area contributed by atoms with Gasteiger partial charge < -0.3 is 10.2 Å². The third-order valence-corrected chi connectivity index (χ3v) is 6.28. The van der Waals surface area contributed by atoms with Gasteiger partial charge in [0, 0.05) is 45.5 Å². The molecule has 0 spiro atoms. The molecule has 158 valence electrons. The zero-order valence-corrected chi connectivity index (χ0v) is 17.8. The molecule has 2 aromatic heterocycles. The molecule has 0 aromatic carbocycles. The van der Waals surface area contributed by atoms with Gasteiger partial charge in [-0.1, -0.05) is 0 Å². The van der Waals surface area contributed by atoms with E-state index in [-0.39, 0.29) is 11.5 Å². The Morgan fingerprint density at radius 1 is 1.17 bits per heavy atom. The molecule has 0 bridgehead atoms. The van der Waals surface area contributed by atoms with Crippen molar-refractivity contribution in [2.45, 2.75) is 38.6 Å². The maximum absolute atomic E-state index is 13.5. The molecular weight excluding hydrogens is 378 g/mol. The van der Waals surface area contributed by atoms with Crippen LogP contribution < -0.4 is 5.32 Å². The minimum Gasteiger partial charge on any atom is -0.338 e. The van der Waals surface area contributed by atoms with Gasteiger partial charge in [-0.2, -0.15) is 5.26 Å². The number of nitrogens with zero attached hydrogens (tertiary/aromatic N) is 6. The summed E-state index contributed by atoms with van der Waals surface area (Å²) in [4.78, 5) is 26.3. The standard InChI is InChI=1S/C22H29N7O/c1-22(2,28-12-8-24-9-13-28)20(29-16-26-18-15-25-7-6-19(18)29)17(14-23)21(30)27-10-4-3-5-11-27/h6-7,15-16,24H,3-5,8-13H2,1-2H3. The second kappa shape index (κ2) is 8.54. The highest BCUT2D eigenvalue weighted by Gasteiger charge is 2.38. The normalized spacial score (nSPS) is 19.4. The number of fused-ring (bicyclic) bond motifs is 1. The molecule has 2 saturated heterocycles. The number of nitriles is 1. The molecule has 2 aliphatic rings. The average molecular weight is 408 g/mol. The van der Waals surface area contributed by atoms with Crippen molar-refractivity contribution < 1.29 is 4.79 Å². The van der Waals surface area contributed by atoms with Crippen LogP contribution in [0.4, 0.5) is 0 Å². The van der Waals surface area contributed by atoms with E-state index >= 15 is 0 Å². The van der Waals surface area contributed by atoms with E-state index in [0.29, 0.717) is 18.8 Å². The smallest absolute Gasteiger partial charge is 0.266 e. The lowest BCUT2D eigenvalue weighted by molar-refractivity contribution is -0.127. The summed E-state index contributed by atoms with van der Waals surface area (Å²) in [5.74, 6) is -0.175. The molecule has 0 saturated carbocycles. The van der Waals surface area contributed by atoms with Gasteiger partial charge in [0.2, 0.25) is 0 Å². The summed E-state index contributed by atoms with van der Waals surface area (Å²) >= 11 is 0. The molecule has 4 heterocycles. The van der Waals surface area contributed by atoms with E-state index in [1.165, 1.54) is 0 Å². The molecule has 0 radical (unpaired) electrons. The summed E-state index contributed by atoms with van der Waals surface area (Å²) in [6.07, 6.45) is 8.25. The number of amides is 1. The second-order valence-electron chi connectivity index (χ2n) is 8.46. The summed E-state index contributed by atoms with van der Waals surface area (Å²) in [5, 5.41) is 13.6. The summed E-state index contributed by atoms with van der Waals surface area (Å²) in [7, 11) is 0. The van der Waals surface area contributed by atoms with Gasteiger partial charge in [0.1, 0.15) is 23.5 Å². The highest BCUT2D eigenvalue weighted by Crippen LogP contribution is 2.34. The average Bonchev–Trinajstić information content (AvgIpc) is 3.21. The number of pyridine rings is 1. The number of imidazole rings is 1. The number of carbonyl (C=O) groups excluding carboxylic acids is 1. The van der Waals surface area contributed by atoms with Crippen molar-refractivity contribution in [2.75, 3.05) is 39.3 Å². The summed E-state index contributed by atoms with van der Waals surface area (Å²) < 4.78 is 1.92. The van der Waals surface area contributed by atoms with Gasteiger partial charge >= 0.3 is 0 Å². The van der Waals surface area contributed by atoms with E-state index in [2.05, 4.69) is 40.1 Å². The van der Waals surface area contributed by atoms with Gasteiger partial charge in [-0.05, 0) is 39.2 Å². The largest absolute Gasteiger partial charge is 0.338 e. The number of rotatable bonds is 4. The Morgan fingerprint density at radius 2 is 1.90 bits per heavy atom. The minimum absolute atomic E-state index is 0.175. The lowest BCUT2D eigenvalue weighted by atomic mass is 9.91. The van der Waals surface area contributed by atoms with E-state index in [1.54, 1.807) is 18.7 Å². The SMILES string of the molecule is CC(C)(C(=C(C#N)C(=O)N1CCCCC1)n1cnc2cnccc21)N1CCNCC1. The van der Waals surface area contributed by atoms with Gasteiger partial charge in [0.05, 0.1) is 22.9 Å². The van der Waals surface area contributed by atoms with E-state index in [4.69, 9.17) is 0 Å². The Labute approximate surface area is 177 Å². The molecule has 4 rings (SSSR count). The summed E-state index contributed by atoms with van der Waals surface area (Å²) in [5.41, 5.74) is 1.96. The van der Waals surface area contributed by atoms with E-state index < -0.39 is 5.54 Å². The third-order valence-electron chi connectivity index (χ3n) is 6.28. The topological polar surface area (TPSA) is 90.1 Å². The molecule has 0 aliphatic carbocycles. The molecular formula is C22H29N7O. The summed E-state index contributed by atoms with van der Waals surface area (Å²) in [6.45, 7) is 9.08. The van der Waals surface area contributed by atoms with Gasteiger partial charge in [0.25, 0.3) is 5.91 Å². The lowest BCUT2D eigenvalue weighted by Gasteiger charge is -2.43. The van der Waals surface area contributed by atoms with E-state index in [0.717, 1.165) is 56.5 Å². The molecule has 0 atom stereocenters. The first-order chi connectivity index (χ1) is 14.5. The number of carbonyl (C=O) groups is 1. The number of likely N-dealkylation sites (tertiary alicyclic amines) is 1. The highest BCUT2D eigenvalue weighted by atomic mass is 16.2. The second-order valence-corrected chi connectivity index (χ2v) is 8.46. The van der Waals surface area contributed by atoms with Crippen molar-refractivity contribution in [3.05, 3.63) is 30.4 Å². The minimum atomic E-state index is -0.532. The van der Waals surface area contributed by atoms with E-state index in [1.807, 2.05) is 15.5 Å². The monoisotopic (exact) mass is 407 g/mol. The number of hydrogen-bond donors (Lipinski definition) is 1. The van der Waals surface area contributed by atoms with Crippen molar-refractivity contribution >= 4 is 22.6 Å². The molecule has 8 nitrogen and oxygen atoms in total. The highest BCUT2D eigenvalue weighted by molar-refractivity contribution is 6.04. The Kier molecular flexibility index (Phi) is 5.84. The molecule has 2 aromatic rings. The molecule has 8 heteroatoms. The fourth-order valence-corrected chi connectivity index (χ4v) is 4.59. The van der Waals surface area contributed by atoms with Crippen LogP contribution >= 0.6 is 0 Å². The molecule has 0 unspecified atom stereocenters. The number of piperazine rings is 1. The summed E-state index contributed by atoms with van der Waals surface area (Å²) in [6, 6.07) is 4.16. The Morgan fingerprint density at radius 3 is 2.60 bits per heavy atom. The van der Waals surface area contributed by atoms with Crippen LogP contribution in [0, 0.1) is 11.3 Å². The first-order valence-corrected chi connectivity index (χ1v) is 10.7. The van der Waals surface area contributed by atoms with Gasteiger partial charge in [-0.15, -0.1) is 0 Å². The number of piperidine rings is 1. The first-order valence-electron chi connectivity index (χ1n) is 10.7. The molecule has 1 amide bonds. The van der Waals surface area contributed by atoms with Crippen LogP contribution in [-0.2, 0) is 4.79 Å². The number of nitrogens with one attached hydrogen (secondary N) is 1. The van der Waals surface area contributed by atoms with Crippen LogP contribution in [0.1, 0.15) is 33.1 Å². The fourth-order valence-electron chi connectivity index (χ4n) is 4.59. The van der Waals surface area contributed by atoms with Crippen molar-refractivity contribution in [3.8, 4) is 6.07 Å². The van der Waals surface area contributed by atoms with Crippen LogP contribution in [0.25, 0.3) is 16.7 Å². The predicted molar refractivity (Wildman–Crippen MR) is 115 cm³/mol. The van der Waals surface area contributed by atoms with Crippen molar-refractivity contribution in [3.63, 3.8) is 0 Å². The quantitative estimate of drug-likeness (QED) is 0.615. The van der Waals surface area contributed by atoms with Crippen molar-refractivity contribution in [2.24, 2.45) is 0 Å². The van der Waals surface area contributed by atoms with Gasteiger partial charge in [-0.3, -0.25) is 19.2 Å². The van der Waals surface area contributed by atoms with Gasteiger partial charge in [-0.25, -0.2) is 4.98 Å². The first kappa shape index (κ1) is 20.5. The fraction of sp³-hybridized carbons (Fsp3) is 0.545. The van der Waals surface area contributed by atoms with Crippen LogP contribution in [0.15, 0.2) is 30.4 Å². The van der Waals surface area contributed by atoms with Crippen molar-refractivity contribution in [1.82, 2.24) is 29.7 Å². The molecule has 2 fully saturated rings. The lowest BCUT2D eigenvalue weighted by Crippen LogP contribution is -2.55. The third kappa shape index (κ3) is 3.71. The molecule has 1 N–H and O–H groups in total. The maximum Gasteiger partial charge on any atom is 0.266 e. The van der Waals surface area contributed by atoms with Crippen LogP contribution in [0.3, 0.4) is 0 Å². The van der Waals surface area contributed by atoms with Crippen LogP contribution in [0.2, 0.25) is 0 Å². The Balaban J connectivity index is 1.89.